The second-order valence-electron chi connectivity index (χ2n) is 7.61. The van der Waals surface area contributed by atoms with Crippen LogP contribution in [-0.4, -0.2) is 4.98 Å². The van der Waals surface area contributed by atoms with Crippen LogP contribution in [0, 0.1) is 0 Å². The van der Waals surface area contributed by atoms with E-state index in [-0.39, 0.29) is 0 Å². The van der Waals surface area contributed by atoms with Crippen LogP contribution < -0.4 is 0 Å². The summed E-state index contributed by atoms with van der Waals surface area (Å²) in [6, 6.07) is 16.0. The molecular formula is C25H11NS7. The summed E-state index contributed by atoms with van der Waals surface area (Å²) in [6.07, 6.45) is 1.90. The fourth-order valence-electron chi connectivity index (χ4n) is 4.33. The number of hydrogen-bond donors (Lipinski definition) is 0. The molecule has 0 aliphatic heterocycles. The summed E-state index contributed by atoms with van der Waals surface area (Å²) in [5.74, 6) is 0. The number of hydrogen-bond acceptors (Lipinski definition) is 8. The second-order valence-corrected chi connectivity index (χ2v) is 14.6. The van der Waals surface area contributed by atoms with Crippen LogP contribution in [0.25, 0.3) is 69.1 Å². The summed E-state index contributed by atoms with van der Waals surface area (Å²) in [7, 11) is 0. The molecule has 0 atom stereocenters. The summed E-state index contributed by atoms with van der Waals surface area (Å²) in [5.41, 5.74) is 0. The predicted molar refractivity (Wildman–Crippen MR) is 156 cm³/mol. The normalized spacial score (nSPS) is 12.2. The number of nitrogens with zero attached hydrogens (tertiary/aromatic N) is 1. The van der Waals surface area contributed by atoms with Crippen LogP contribution in [0.15, 0.2) is 64.8 Å². The van der Waals surface area contributed by atoms with Gasteiger partial charge in [-0.15, -0.1) is 79.4 Å². The molecule has 0 radical (unpaired) electrons. The maximum absolute atomic E-state index is 4.56. The number of rotatable bonds is 3. The summed E-state index contributed by atoms with van der Waals surface area (Å²) in [6.45, 7) is 0. The molecule has 7 aromatic heterocycles. The second kappa shape index (κ2) is 7.29. The van der Waals surface area contributed by atoms with Crippen molar-refractivity contribution in [3.63, 3.8) is 0 Å². The molecule has 0 saturated carbocycles. The van der Waals surface area contributed by atoms with Gasteiger partial charge in [-0.3, -0.25) is 0 Å². The van der Waals surface area contributed by atoms with Crippen molar-refractivity contribution in [2.75, 3.05) is 0 Å². The number of thiazole rings is 1. The third-order valence-corrected chi connectivity index (χ3v) is 13.7. The molecule has 0 fully saturated rings. The molecule has 8 aromatic rings. The summed E-state index contributed by atoms with van der Waals surface area (Å²) in [5, 5.41) is 11.8. The highest BCUT2D eigenvalue weighted by atomic mass is 32.1. The van der Waals surface area contributed by atoms with Crippen LogP contribution in [0.1, 0.15) is 0 Å². The molecule has 0 bridgehead atoms. The maximum Gasteiger partial charge on any atom is 0.133 e. The van der Waals surface area contributed by atoms with Gasteiger partial charge in [0.1, 0.15) is 5.01 Å². The van der Waals surface area contributed by atoms with Crippen molar-refractivity contribution in [1.82, 2.24) is 4.98 Å². The lowest BCUT2D eigenvalue weighted by atomic mass is 10.1. The molecule has 0 saturated heterocycles. The van der Waals surface area contributed by atoms with Gasteiger partial charge in [0.05, 0.1) is 19.0 Å². The van der Waals surface area contributed by atoms with Crippen LogP contribution in [0.2, 0.25) is 0 Å². The minimum absolute atomic E-state index is 1.12. The molecule has 7 heterocycles. The first-order valence-electron chi connectivity index (χ1n) is 10.2. The van der Waals surface area contributed by atoms with E-state index in [0.29, 0.717) is 0 Å². The van der Waals surface area contributed by atoms with Crippen molar-refractivity contribution >= 4 is 119 Å². The quantitative estimate of drug-likeness (QED) is 0.213. The topological polar surface area (TPSA) is 12.9 Å². The zero-order valence-corrected chi connectivity index (χ0v) is 22.4. The van der Waals surface area contributed by atoms with Gasteiger partial charge in [0.2, 0.25) is 0 Å². The Morgan fingerprint density at radius 1 is 0.545 bits per heavy atom. The highest BCUT2D eigenvalue weighted by Crippen LogP contribution is 2.54. The Kier molecular flexibility index (Phi) is 4.29. The lowest BCUT2D eigenvalue weighted by Gasteiger charge is -1.97. The molecule has 1 nitrogen and oxygen atoms in total. The summed E-state index contributed by atoms with van der Waals surface area (Å²) in [4.78, 5) is 11.3. The van der Waals surface area contributed by atoms with E-state index in [1.54, 1.807) is 11.3 Å². The van der Waals surface area contributed by atoms with Gasteiger partial charge in [-0.2, -0.15) is 0 Å². The Bertz CT molecular complexity index is 1900. The van der Waals surface area contributed by atoms with E-state index < -0.39 is 0 Å². The van der Waals surface area contributed by atoms with Gasteiger partial charge in [0, 0.05) is 56.6 Å². The lowest BCUT2D eigenvalue weighted by molar-refractivity contribution is 1.43. The molecular weight excluding hydrogens is 539 g/mol. The third-order valence-electron chi connectivity index (χ3n) is 5.72. The summed E-state index contributed by atoms with van der Waals surface area (Å²) >= 11 is 13.1. The van der Waals surface area contributed by atoms with Gasteiger partial charge in [-0.25, -0.2) is 4.98 Å². The molecule has 158 valence electrons. The Hall–Kier alpha value is -1.91. The number of benzene rings is 1. The largest absolute Gasteiger partial charge is 0.244 e. The zero-order chi connectivity index (χ0) is 21.5. The van der Waals surface area contributed by atoms with Crippen LogP contribution in [0.3, 0.4) is 0 Å². The van der Waals surface area contributed by atoms with Crippen molar-refractivity contribution in [2.45, 2.75) is 0 Å². The van der Waals surface area contributed by atoms with Crippen LogP contribution in [-0.2, 0) is 0 Å². The van der Waals surface area contributed by atoms with E-state index >= 15 is 0 Å². The molecule has 8 heteroatoms. The molecule has 0 unspecified atom stereocenters. The molecule has 0 aliphatic carbocycles. The lowest BCUT2D eigenvalue weighted by Crippen LogP contribution is -1.69. The molecule has 33 heavy (non-hydrogen) atoms. The average molecular weight is 550 g/mol. The van der Waals surface area contributed by atoms with Crippen molar-refractivity contribution in [2.24, 2.45) is 0 Å². The fraction of sp³-hybridized carbons (Fsp3) is 0. The molecule has 0 N–H and O–H groups in total. The number of thiophene rings is 6. The predicted octanol–water partition coefficient (Wildman–Crippen LogP) is 11.1. The monoisotopic (exact) mass is 549 g/mol. The average Bonchev–Trinajstić information content (AvgIpc) is 3.67. The first-order valence-corrected chi connectivity index (χ1v) is 16.1. The maximum atomic E-state index is 4.56. The SMILES string of the molecule is c1csc(-c2cc3c(s2)c2sc(-c4cccs4)cc2c2c4sc(-c5nccs5)cc4sc32)c1. The van der Waals surface area contributed by atoms with Crippen molar-refractivity contribution in [3.05, 3.63) is 64.8 Å². The highest BCUT2D eigenvalue weighted by Gasteiger charge is 2.22. The van der Waals surface area contributed by atoms with Gasteiger partial charge in [-0.1, -0.05) is 12.1 Å². The minimum atomic E-state index is 1.12. The van der Waals surface area contributed by atoms with Crippen LogP contribution in [0.4, 0.5) is 0 Å². The highest BCUT2D eigenvalue weighted by molar-refractivity contribution is 7.37. The van der Waals surface area contributed by atoms with E-state index in [2.05, 4.69) is 63.6 Å². The van der Waals surface area contributed by atoms with Gasteiger partial charge in [0.15, 0.2) is 0 Å². The van der Waals surface area contributed by atoms with Crippen LogP contribution in [0.5, 0.6) is 0 Å². The van der Waals surface area contributed by atoms with E-state index in [0.717, 1.165) is 5.01 Å². The van der Waals surface area contributed by atoms with Gasteiger partial charge in [-0.05, 0) is 41.1 Å². The minimum Gasteiger partial charge on any atom is -0.244 e. The Morgan fingerprint density at radius 2 is 1.24 bits per heavy atom. The van der Waals surface area contributed by atoms with Gasteiger partial charge in [0.25, 0.3) is 0 Å². The van der Waals surface area contributed by atoms with Gasteiger partial charge < -0.3 is 0 Å². The number of fused-ring (bicyclic) bond motifs is 8. The fourth-order valence-corrected chi connectivity index (χ4v) is 11.9. The van der Waals surface area contributed by atoms with E-state index in [9.17, 15) is 0 Å². The standard InChI is InChI=1S/C25H11NS7/c1-3-14(27-6-1)16-9-12-20-21(32-18-11-19(33-24(18)20)25-26-5-8-29-25)13-10-17(15-4-2-7-28-15)31-23(13)22(12)30-16/h1-11H. The zero-order valence-electron chi connectivity index (χ0n) is 16.7. The first-order chi connectivity index (χ1) is 16.3. The van der Waals surface area contributed by atoms with E-state index in [4.69, 9.17) is 0 Å². The summed E-state index contributed by atoms with van der Waals surface area (Å²) < 4.78 is 7.08. The van der Waals surface area contributed by atoms with Crippen molar-refractivity contribution in [3.8, 4) is 29.4 Å². The Balaban J connectivity index is 1.51. The first kappa shape index (κ1) is 19.4. The third kappa shape index (κ3) is 2.86. The molecule has 0 amide bonds. The molecule has 0 spiro atoms. The smallest absolute Gasteiger partial charge is 0.133 e. The van der Waals surface area contributed by atoms with E-state index in [1.807, 2.05) is 74.2 Å². The molecule has 0 aliphatic rings. The van der Waals surface area contributed by atoms with E-state index in [1.165, 1.54) is 64.0 Å². The Morgan fingerprint density at radius 3 is 1.91 bits per heavy atom. The number of aromatic nitrogens is 1. The molecule has 1 aromatic carbocycles. The molecule has 8 rings (SSSR count). The van der Waals surface area contributed by atoms with Crippen LogP contribution >= 0.6 is 79.4 Å². The van der Waals surface area contributed by atoms with Crippen molar-refractivity contribution in [1.29, 1.82) is 0 Å². The van der Waals surface area contributed by atoms with Crippen molar-refractivity contribution < 1.29 is 0 Å². The Labute approximate surface area is 216 Å². The van der Waals surface area contributed by atoms with Gasteiger partial charge >= 0.3 is 0 Å².